The maximum absolute atomic E-state index is 11.5. The van der Waals surface area contributed by atoms with Crippen molar-refractivity contribution in [2.45, 2.75) is 56.4 Å². The van der Waals surface area contributed by atoms with Gasteiger partial charge in [0, 0.05) is 6.04 Å². The van der Waals surface area contributed by atoms with E-state index in [4.69, 9.17) is 10.9 Å². The number of nitrogens with one attached hydrogen (secondary N) is 1. The summed E-state index contributed by atoms with van der Waals surface area (Å²) in [6.07, 6.45) is 7.30. The summed E-state index contributed by atoms with van der Waals surface area (Å²) in [4.78, 5) is 0.0951. The van der Waals surface area contributed by atoms with Crippen LogP contribution in [0.5, 0.6) is 0 Å². The lowest BCUT2D eigenvalue weighted by molar-refractivity contribution is 0.313. The van der Waals surface area contributed by atoms with Crippen molar-refractivity contribution in [3.63, 3.8) is 0 Å². The van der Waals surface area contributed by atoms with E-state index in [-0.39, 0.29) is 4.90 Å². The highest BCUT2D eigenvalue weighted by atomic mass is 32.2. The second-order valence-electron chi connectivity index (χ2n) is 5.85. The highest BCUT2D eigenvalue weighted by Gasteiger charge is 2.23. The Morgan fingerprint density at radius 3 is 2.52 bits per heavy atom. The van der Waals surface area contributed by atoms with Crippen molar-refractivity contribution in [1.29, 1.82) is 0 Å². The molecule has 21 heavy (non-hydrogen) atoms. The van der Waals surface area contributed by atoms with Crippen LogP contribution in [0.4, 0.5) is 11.4 Å². The van der Waals surface area contributed by atoms with Gasteiger partial charge in [-0.2, -0.15) is 0 Å². The number of hydrogen-bond donors (Lipinski definition) is 3. The molecule has 0 saturated heterocycles. The molecule has 1 fully saturated rings. The molecule has 0 radical (unpaired) electrons. The molecule has 2 rings (SSSR count). The molecule has 1 saturated carbocycles. The summed E-state index contributed by atoms with van der Waals surface area (Å²) in [6, 6.07) is 4.90. The number of nitrogens with two attached hydrogens (primary N) is 2. The number of hydrogen-bond acceptors (Lipinski definition) is 4. The highest BCUT2D eigenvalue weighted by Crippen LogP contribution is 2.31. The van der Waals surface area contributed by atoms with E-state index in [1.54, 1.807) is 6.07 Å². The largest absolute Gasteiger partial charge is 0.397 e. The van der Waals surface area contributed by atoms with Crippen LogP contribution in [0.1, 0.15) is 45.4 Å². The Labute approximate surface area is 127 Å². The van der Waals surface area contributed by atoms with Crippen LogP contribution in [0.15, 0.2) is 23.1 Å². The van der Waals surface area contributed by atoms with Crippen LogP contribution >= 0.6 is 0 Å². The fraction of sp³-hybridized carbons (Fsp3) is 0.600. The van der Waals surface area contributed by atoms with Crippen LogP contribution in [0.2, 0.25) is 0 Å². The highest BCUT2D eigenvalue weighted by molar-refractivity contribution is 7.89. The van der Waals surface area contributed by atoms with E-state index in [0.717, 1.165) is 6.42 Å². The molecule has 118 valence electrons. The number of sulfonamides is 1. The molecule has 0 aromatic heterocycles. The van der Waals surface area contributed by atoms with Gasteiger partial charge in [0.2, 0.25) is 10.0 Å². The molecule has 0 aliphatic heterocycles. The number of rotatable bonds is 5. The van der Waals surface area contributed by atoms with E-state index < -0.39 is 10.0 Å². The van der Waals surface area contributed by atoms with Gasteiger partial charge in [-0.05, 0) is 43.4 Å². The number of nitrogen functional groups attached to an aromatic ring is 1. The Morgan fingerprint density at radius 2 is 1.95 bits per heavy atom. The first-order valence-electron chi connectivity index (χ1n) is 7.60. The van der Waals surface area contributed by atoms with E-state index in [1.165, 1.54) is 44.2 Å². The fourth-order valence-corrected chi connectivity index (χ4v) is 3.67. The van der Waals surface area contributed by atoms with Gasteiger partial charge < -0.3 is 11.1 Å². The maximum Gasteiger partial charge on any atom is 0.238 e. The second kappa shape index (κ2) is 6.66. The van der Waals surface area contributed by atoms with Crippen molar-refractivity contribution in [2.24, 2.45) is 11.1 Å². The van der Waals surface area contributed by atoms with Gasteiger partial charge in [0.05, 0.1) is 16.3 Å². The molecular formula is C15H25N3O2S. The van der Waals surface area contributed by atoms with Crippen LogP contribution in [0, 0.1) is 5.92 Å². The number of anilines is 2. The third kappa shape index (κ3) is 4.11. The lowest BCUT2D eigenvalue weighted by Gasteiger charge is -2.31. The zero-order valence-corrected chi connectivity index (χ0v) is 13.3. The standard InChI is InChI=1S/C15H25N3O2S/c1-2-14(11-6-4-3-5-7-11)18-15-10-12(21(17,19)20)8-9-13(15)16/h8-11,14,18H,2-7,16H2,1H3,(H2,17,19,20). The van der Waals surface area contributed by atoms with Gasteiger partial charge in [0.25, 0.3) is 0 Å². The Bertz CT molecular complexity index is 581. The van der Waals surface area contributed by atoms with Crippen molar-refractivity contribution < 1.29 is 8.42 Å². The SMILES string of the molecule is CCC(Nc1cc(S(N)(=O)=O)ccc1N)C1CCCCC1. The van der Waals surface area contributed by atoms with Gasteiger partial charge in [0.15, 0.2) is 0 Å². The third-order valence-corrected chi connectivity index (χ3v) is 5.26. The fourth-order valence-electron chi connectivity index (χ4n) is 3.13. The van der Waals surface area contributed by atoms with E-state index in [0.29, 0.717) is 23.3 Å². The molecule has 6 heteroatoms. The van der Waals surface area contributed by atoms with Crippen molar-refractivity contribution in [2.75, 3.05) is 11.1 Å². The van der Waals surface area contributed by atoms with E-state index in [2.05, 4.69) is 12.2 Å². The average molecular weight is 311 g/mol. The average Bonchev–Trinajstić information content (AvgIpc) is 2.46. The first kappa shape index (κ1) is 16.1. The Kier molecular flexibility index (Phi) is 5.11. The van der Waals surface area contributed by atoms with Crippen LogP contribution in [-0.4, -0.2) is 14.5 Å². The molecule has 0 heterocycles. The Hall–Kier alpha value is -1.27. The minimum absolute atomic E-state index is 0.0951. The molecule has 1 unspecified atom stereocenters. The lowest BCUT2D eigenvalue weighted by Crippen LogP contribution is -2.30. The molecular weight excluding hydrogens is 286 g/mol. The lowest BCUT2D eigenvalue weighted by atomic mass is 9.83. The monoisotopic (exact) mass is 311 g/mol. The van der Waals surface area contributed by atoms with E-state index in [1.807, 2.05) is 0 Å². The molecule has 0 spiro atoms. The summed E-state index contributed by atoms with van der Waals surface area (Å²) in [5.74, 6) is 0.626. The van der Waals surface area contributed by atoms with Gasteiger partial charge in [0.1, 0.15) is 0 Å². The minimum Gasteiger partial charge on any atom is -0.397 e. The second-order valence-corrected chi connectivity index (χ2v) is 7.41. The molecule has 0 bridgehead atoms. The third-order valence-electron chi connectivity index (χ3n) is 4.35. The topological polar surface area (TPSA) is 98.2 Å². The molecule has 1 atom stereocenters. The van der Waals surface area contributed by atoms with Crippen molar-refractivity contribution in [3.05, 3.63) is 18.2 Å². The molecule has 1 aliphatic carbocycles. The summed E-state index contributed by atoms with van der Waals surface area (Å²) in [7, 11) is -3.71. The molecule has 1 aromatic carbocycles. The van der Waals surface area contributed by atoms with Crippen LogP contribution in [0.3, 0.4) is 0 Å². The van der Waals surface area contributed by atoms with Crippen molar-refractivity contribution in [1.82, 2.24) is 0 Å². The summed E-state index contributed by atoms with van der Waals surface area (Å²) in [5.41, 5.74) is 7.19. The molecule has 5 N–H and O–H groups in total. The van der Waals surface area contributed by atoms with Gasteiger partial charge in [-0.3, -0.25) is 0 Å². The Balaban J connectivity index is 2.20. The summed E-state index contributed by atoms with van der Waals surface area (Å²) < 4.78 is 22.9. The van der Waals surface area contributed by atoms with Crippen molar-refractivity contribution >= 4 is 21.4 Å². The summed E-state index contributed by atoms with van der Waals surface area (Å²) in [6.45, 7) is 2.14. The minimum atomic E-state index is -3.71. The van der Waals surface area contributed by atoms with Crippen LogP contribution < -0.4 is 16.2 Å². The summed E-state index contributed by atoms with van der Waals surface area (Å²) >= 11 is 0. The van der Waals surface area contributed by atoms with Gasteiger partial charge in [-0.15, -0.1) is 0 Å². The van der Waals surface area contributed by atoms with Crippen molar-refractivity contribution in [3.8, 4) is 0 Å². The van der Waals surface area contributed by atoms with Gasteiger partial charge in [-0.25, -0.2) is 13.6 Å². The molecule has 0 amide bonds. The zero-order chi connectivity index (χ0) is 15.5. The van der Waals surface area contributed by atoms with Crippen LogP contribution in [0.25, 0.3) is 0 Å². The molecule has 5 nitrogen and oxygen atoms in total. The van der Waals surface area contributed by atoms with Gasteiger partial charge in [-0.1, -0.05) is 26.2 Å². The number of primary sulfonamides is 1. The summed E-state index contributed by atoms with van der Waals surface area (Å²) in [5, 5.41) is 8.62. The van der Waals surface area contributed by atoms with Gasteiger partial charge >= 0.3 is 0 Å². The maximum atomic E-state index is 11.5. The molecule has 1 aliphatic rings. The molecule has 1 aromatic rings. The van der Waals surface area contributed by atoms with E-state index in [9.17, 15) is 8.42 Å². The quantitative estimate of drug-likeness (QED) is 0.728. The van der Waals surface area contributed by atoms with Crippen LogP contribution in [-0.2, 0) is 10.0 Å². The first-order valence-corrected chi connectivity index (χ1v) is 9.15. The normalized spacial score (nSPS) is 18.4. The first-order chi connectivity index (χ1) is 9.91. The Morgan fingerprint density at radius 1 is 1.29 bits per heavy atom. The zero-order valence-electron chi connectivity index (χ0n) is 12.5. The van der Waals surface area contributed by atoms with E-state index >= 15 is 0 Å². The smallest absolute Gasteiger partial charge is 0.238 e. The number of benzene rings is 1. The predicted octanol–water partition coefficient (Wildman–Crippen LogP) is 2.69. The predicted molar refractivity (Wildman–Crippen MR) is 86.5 cm³/mol.